The standard InChI is InChI=1S/C18H18ClN3O3S2/c1-22(27(24,25)17-12-11-16(19)26-17)15-9-7-14(8-10-15)21-18(23)20-13-5-3-2-4-6-13/h2-11,17H,12H2,1H3,(H2,20,21,23). The van der Waals surface area contributed by atoms with E-state index >= 15 is 0 Å². The fourth-order valence-corrected chi connectivity index (χ4v) is 5.98. The summed E-state index contributed by atoms with van der Waals surface area (Å²) in [7, 11) is -2.03. The molecule has 1 aliphatic rings. The Labute approximate surface area is 167 Å². The summed E-state index contributed by atoms with van der Waals surface area (Å²) < 4.78 is 26.5. The molecule has 0 spiro atoms. The predicted octanol–water partition coefficient (Wildman–Crippen LogP) is 4.64. The number of benzene rings is 2. The number of hydrogen-bond acceptors (Lipinski definition) is 4. The quantitative estimate of drug-likeness (QED) is 0.734. The molecule has 0 aliphatic carbocycles. The Bertz CT molecular complexity index is 948. The molecule has 6 nitrogen and oxygen atoms in total. The second-order valence-corrected chi connectivity index (χ2v) is 10.1. The first-order valence-corrected chi connectivity index (χ1v) is 10.9. The molecule has 1 unspecified atom stereocenters. The predicted molar refractivity (Wildman–Crippen MR) is 113 cm³/mol. The molecular weight excluding hydrogens is 406 g/mol. The highest BCUT2D eigenvalue weighted by Crippen LogP contribution is 2.39. The number of urea groups is 1. The topological polar surface area (TPSA) is 78.5 Å². The normalized spacial score (nSPS) is 16.5. The van der Waals surface area contributed by atoms with Crippen LogP contribution >= 0.6 is 23.4 Å². The molecule has 27 heavy (non-hydrogen) atoms. The summed E-state index contributed by atoms with van der Waals surface area (Å²) in [5, 5.41) is 5.42. The van der Waals surface area contributed by atoms with Gasteiger partial charge in [0.1, 0.15) is 4.58 Å². The molecule has 1 atom stereocenters. The summed E-state index contributed by atoms with van der Waals surface area (Å²) in [5.41, 5.74) is 1.74. The van der Waals surface area contributed by atoms with Crippen molar-refractivity contribution in [1.29, 1.82) is 0 Å². The van der Waals surface area contributed by atoms with Gasteiger partial charge in [0.2, 0.25) is 10.0 Å². The number of nitrogens with one attached hydrogen (secondary N) is 2. The van der Waals surface area contributed by atoms with Gasteiger partial charge in [-0.3, -0.25) is 4.31 Å². The molecule has 2 amide bonds. The number of hydrogen-bond donors (Lipinski definition) is 2. The van der Waals surface area contributed by atoms with Crippen LogP contribution < -0.4 is 14.9 Å². The minimum Gasteiger partial charge on any atom is -0.308 e. The average Bonchev–Trinajstić information content (AvgIpc) is 3.10. The molecule has 142 valence electrons. The third-order valence-corrected chi connectivity index (χ3v) is 8.07. The van der Waals surface area contributed by atoms with E-state index in [0.29, 0.717) is 27.8 Å². The molecule has 9 heteroatoms. The van der Waals surface area contributed by atoms with Crippen LogP contribution in [0.3, 0.4) is 0 Å². The molecule has 2 aromatic rings. The molecule has 0 bridgehead atoms. The molecule has 0 aromatic heterocycles. The van der Waals surface area contributed by atoms with E-state index in [4.69, 9.17) is 11.6 Å². The van der Waals surface area contributed by atoms with E-state index in [1.807, 2.05) is 18.2 Å². The van der Waals surface area contributed by atoms with E-state index < -0.39 is 14.6 Å². The highest BCUT2D eigenvalue weighted by molar-refractivity contribution is 8.17. The number of rotatable bonds is 5. The van der Waals surface area contributed by atoms with Crippen molar-refractivity contribution in [1.82, 2.24) is 0 Å². The van der Waals surface area contributed by atoms with Gasteiger partial charge in [-0.25, -0.2) is 13.2 Å². The van der Waals surface area contributed by atoms with Crippen molar-refractivity contribution < 1.29 is 13.2 Å². The zero-order valence-corrected chi connectivity index (χ0v) is 16.8. The van der Waals surface area contributed by atoms with Crippen molar-refractivity contribution in [2.24, 2.45) is 0 Å². The van der Waals surface area contributed by atoms with Crippen LogP contribution in [0.25, 0.3) is 0 Å². The maximum atomic E-state index is 12.7. The summed E-state index contributed by atoms with van der Waals surface area (Å²) in [4.78, 5) is 12.0. The van der Waals surface area contributed by atoms with Crippen LogP contribution in [0.2, 0.25) is 0 Å². The summed E-state index contributed by atoms with van der Waals surface area (Å²) in [6, 6.07) is 15.3. The Morgan fingerprint density at radius 1 is 1.07 bits per heavy atom. The average molecular weight is 424 g/mol. The van der Waals surface area contributed by atoms with Gasteiger partial charge in [-0.1, -0.05) is 47.6 Å². The number of thioether (sulfide) groups is 1. The number of anilines is 3. The van der Waals surface area contributed by atoms with Crippen molar-refractivity contribution in [3.63, 3.8) is 0 Å². The third kappa shape index (κ3) is 4.77. The second-order valence-electron chi connectivity index (χ2n) is 5.80. The Kier molecular flexibility index (Phi) is 5.98. The van der Waals surface area contributed by atoms with Crippen LogP contribution in [-0.4, -0.2) is 26.1 Å². The smallest absolute Gasteiger partial charge is 0.308 e. The minimum atomic E-state index is -3.54. The SMILES string of the molecule is CN(c1ccc(NC(=O)Nc2ccccc2)cc1)S(=O)(=O)C1CC=C(Cl)S1. The van der Waals surface area contributed by atoms with Crippen LogP contribution in [0.15, 0.2) is 65.0 Å². The maximum absolute atomic E-state index is 12.7. The largest absolute Gasteiger partial charge is 0.323 e. The van der Waals surface area contributed by atoms with Gasteiger partial charge in [-0.15, -0.1) is 0 Å². The van der Waals surface area contributed by atoms with E-state index in [2.05, 4.69) is 10.6 Å². The lowest BCUT2D eigenvalue weighted by Crippen LogP contribution is -2.33. The van der Waals surface area contributed by atoms with Crippen molar-refractivity contribution in [2.75, 3.05) is 22.0 Å². The van der Waals surface area contributed by atoms with Crippen molar-refractivity contribution in [2.45, 2.75) is 11.0 Å². The lowest BCUT2D eigenvalue weighted by atomic mass is 10.3. The number of sulfonamides is 1. The lowest BCUT2D eigenvalue weighted by molar-refractivity contribution is 0.262. The monoisotopic (exact) mass is 423 g/mol. The summed E-state index contributed by atoms with van der Waals surface area (Å²) in [5.74, 6) is 0. The molecule has 2 N–H and O–H groups in total. The summed E-state index contributed by atoms with van der Waals surface area (Å²) >= 11 is 7.03. The Morgan fingerprint density at radius 3 is 2.22 bits per heavy atom. The highest BCUT2D eigenvalue weighted by atomic mass is 35.5. The van der Waals surface area contributed by atoms with Gasteiger partial charge in [0, 0.05) is 18.4 Å². The van der Waals surface area contributed by atoms with Crippen LogP contribution in [0.5, 0.6) is 0 Å². The van der Waals surface area contributed by atoms with Gasteiger partial charge in [0.15, 0.2) is 0 Å². The molecule has 3 rings (SSSR count). The molecule has 1 aliphatic heterocycles. The van der Waals surface area contributed by atoms with E-state index in [1.54, 1.807) is 42.5 Å². The zero-order valence-electron chi connectivity index (χ0n) is 14.4. The van der Waals surface area contributed by atoms with Crippen molar-refractivity contribution >= 4 is 56.5 Å². The summed E-state index contributed by atoms with van der Waals surface area (Å²) in [6.07, 6.45) is 2.09. The van der Waals surface area contributed by atoms with Crippen molar-refractivity contribution in [3.05, 3.63) is 65.0 Å². The first kappa shape index (κ1) is 19.6. The number of carbonyl (C=O) groups excluding carboxylic acids is 1. The van der Waals surface area contributed by atoms with E-state index in [0.717, 1.165) is 11.8 Å². The second kappa shape index (κ2) is 8.24. The number of amides is 2. The molecule has 0 radical (unpaired) electrons. The Hall–Kier alpha value is -2.16. The summed E-state index contributed by atoms with van der Waals surface area (Å²) in [6.45, 7) is 0. The first-order valence-electron chi connectivity index (χ1n) is 8.09. The van der Waals surface area contributed by atoms with Crippen molar-refractivity contribution in [3.8, 4) is 0 Å². The van der Waals surface area contributed by atoms with Crippen LogP contribution in [-0.2, 0) is 10.0 Å². The van der Waals surface area contributed by atoms with Crippen LogP contribution in [0.4, 0.5) is 21.9 Å². The molecule has 2 aromatic carbocycles. The van der Waals surface area contributed by atoms with E-state index in [1.165, 1.54) is 11.4 Å². The van der Waals surface area contributed by atoms with E-state index in [9.17, 15) is 13.2 Å². The Balaban J connectivity index is 1.63. The minimum absolute atomic E-state index is 0.377. The zero-order chi connectivity index (χ0) is 19.4. The number of para-hydroxylation sites is 1. The fraction of sp³-hybridized carbons (Fsp3) is 0.167. The molecule has 0 saturated heterocycles. The number of nitrogens with zero attached hydrogens (tertiary/aromatic N) is 1. The van der Waals surface area contributed by atoms with Gasteiger partial charge in [-0.05, 0) is 42.8 Å². The molecular formula is C18H18ClN3O3S2. The van der Waals surface area contributed by atoms with Gasteiger partial charge in [0.05, 0.1) is 10.1 Å². The van der Waals surface area contributed by atoms with Crippen LogP contribution in [0, 0.1) is 0 Å². The lowest BCUT2D eigenvalue weighted by Gasteiger charge is -2.23. The fourth-order valence-electron chi connectivity index (χ4n) is 2.49. The molecule has 0 fully saturated rings. The third-order valence-electron chi connectivity index (χ3n) is 3.95. The number of halogens is 1. The van der Waals surface area contributed by atoms with Gasteiger partial charge in [0.25, 0.3) is 0 Å². The molecule has 1 heterocycles. The first-order chi connectivity index (χ1) is 12.9. The van der Waals surface area contributed by atoms with Gasteiger partial charge >= 0.3 is 6.03 Å². The highest BCUT2D eigenvalue weighted by Gasteiger charge is 2.33. The van der Waals surface area contributed by atoms with E-state index in [-0.39, 0.29) is 6.03 Å². The van der Waals surface area contributed by atoms with Gasteiger partial charge in [-0.2, -0.15) is 0 Å². The maximum Gasteiger partial charge on any atom is 0.323 e. The van der Waals surface area contributed by atoms with Crippen LogP contribution in [0.1, 0.15) is 6.42 Å². The number of carbonyl (C=O) groups is 1. The van der Waals surface area contributed by atoms with Gasteiger partial charge < -0.3 is 10.6 Å². The Morgan fingerprint density at radius 2 is 1.67 bits per heavy atom. The number of allylic oxidation sites excluding steroid dienone is 1. The molecule has 0 saturated carbocycles.